The topological polar surface area (TPSA) is 84.9 Å². The summed E-state index contributed by atoms with van der Waals surface area (Å²) >= 11 is 0. The van der Waals surface area contributed by atoms with E-state index in [0.717, 1.165) is 18.5 Å². The van der Waals surface area contributed by atoms with Crippen molar-refractivity contribution in [2.75, 3.05) is 38.8 Å². The van der Waals surface area contributed by atoms with Gasteiger partial charge in [-0.2, -0.15) is 0 Å². The van der Waals surface area contributed by atoms with Crippen LogP contribution in [0.15, 0.2) is 12.1 Å². The number of fused-ring (bicyclic) bond motifs is 1. The Morgan fingerprint density at radius 2 is 1.88 bits per heavy atom. The molecule has 26 heavy (non-hydrogen) atoms. The summed E-state index contributed by atoms with van der Waals surface area (Å²) < 4.78 is 34.1. The normalized spacial score (nSPS) is 24.7. The van der Waals surface area contributed by atoms with Gasteiger partial charge in [0, 0.05) is 13.1 Å². The average molecular weight is 382 g/mol. The molecular weight excluding hydrogens is 356 g/mol. The molecule has 2 aliphatic rings. The fraction of sp³-hybridized carbons (Fsp3) is 0.611. The second-order valence-corrected chi connectivity index (χ2v) is 9.57. The number of amides is 1. The van der Waals surface area contributed by atoms with Crippen molar-refractivity contribution in [1.29, 1.82) is 0 Å². The zero-order valence-electron chi connectivity index (χ0n) is 15.5. The highest BCUT2D eigenvalue weighted by Crippen LogP contribution is 2.33. The van der Waals surface area contributed by atoms with Crippen LogP contribution in [0.5, 0.6) is 11.5 Å². The number of carbonyl (C=O) groups is 1. The summed E-state index contributed by atoms with van der Waals surface area (Å²) in [5.74, 6) is 1.43. The third-order valence-corrected chi connectivity index (χ3v) is 7.01. The molecule has 7 nitrogen and oxygen atoms in total. The Morgan fingerprint density at radius 1 is 1.23 bits per heavy atom. The minimum atomic E-state index is -3.04. The van der Waals surface area contributed by atoms with Crippen molar-refractivity contribution in [2.45, 2.75) is 31.8 Å². The van der Waals surface area contributed by atoms with Crippen LogP contribution in [0.25, 0.3) is 0 Å². The van der Waals surface area contributed by atoms with E-state index in [-0.39, 0.29) is 24.0 Å². The van der Waals surface area contributed by atoms with Crippen molar-refractivity contribution in [1.82, 2.24) is 10.2 Å². The molecule has 8 heteroatoms. The Morgan fingerprint density at radius 3 is 2.46 bits per heavy atom. The molecular formula is C18H26N2O5S. The highest BCUT2D eigenvalue weighted by atomic mass is 32.2. The standard InChI is InChI=1S/C18H26N2O5S/c1-18(5-7-26(22,23)12-18)19-17(21)11-20-6-4-13-8-15(24-2)16(25-3)9-14(13)10-20/h8-9H,4-7,10-12H2,1-3H3,(H,19,21)/t18-/m0/s1. The Balaban J connectivity index is 1.63. The maximum atomic E-state index is 12.4. The fourth-order valence-corrected chi connectivity index (χ4v) is 5.86. The number of nitrogens with zero attached hydrogens (tertiary/aromatic N) is 1. The highest BCUT2D eigenvalue weighted by molar-refractivity contribution is 7.91. The summed E-state index contributed by atoms with van der Waals surface area (Å²) in [7, 11) is 0.183. The summed E-state index contributed by atoms with van der Waals surface area (Å²) in [6.45, 7) is 3.48. The van der Waals surface area contributed by atoms with E-state index in [1.807, 2.05) is 12.1 Å². The van der Waals surface area contributed by atoms with Crippen molar-refractivity contribution in [3.8, 4) is 11.5 Å². The molecule has 0 aromatic heterocycles. The first-order valence-corrected chi connectivity index (χ1v) is 10.5. The molecule has 1 N–H and O–H groups in total. The molecule has 0 aliphatic carbocycles. The monoisotopic (exact) mass is 382 g/mol. The first kappa shape index (κ1) is 19.0. The van der Waals surface area contributed by atoms with Gasteiger partial charge in [0.2, 0.25) is 5.91 Å². The van der Waals surface area contributed by atoms with E-state index in [1.54, 1.807) is 21.1 Å². The summed E-state index contributed by atoms with van der Waals surface area (Å²) in [6.07, 6.45) is 1.30. The second-order valence-electron chi connectivity index (χ2n) is 7.39. The molecule has 0 bridgehead atoms. The van der Waals surface area contributed by atoms with Crippen molar-refractivity contribution in [2.24, 2.45) is 0 Å². The van der Waals surface area contributed by atoms with E-state index in [0.29, 0.717) is 24.5 Å². The van der Waals surface area contributed by atoms with Gasteiger partial charge in [0.25, 0.3) is 0 Å². The number of benzene rings is 1. The number of carbonyl (C=O) groups excluding carboxylic acids is 1. The molecule has 2 aliphatic heterocycles. The molecule has 1 aromatic carbocycles. The van der Waals surface area contributed by atoms with Gasteiger partial charge in [0.1, 0.15) is 0 Å². The van der Waals surface area contributed by atoms with E-state index >= 15 is 0 Å². The van der Waals surface area contributed by atoms with Crippen LogP contribution in [0.4, 0.5) is 0 Å². The lowest BCUT2D eigenvalue weighted by Gasteiger charge is -2.31. The molecule has 1 fully saturated rings. The maximum Gasteiger partial charge on any atom is 0.234 e. The molecule has 3 rings (SSSR count). The lowest BCUT2D eigenvalue weighted by molar-refractivity contribution is -0.124. The maximum absolute atomic E-state index is 12.4. The molecule has 2 heterocycles. The van der Waals surface area contributed by atoms with Gasteiger partial charge in [0.15, 0.2) is 21.3 Å². The van der Waals surface area contributed by atoms with Crippen molar-refractivity contribution < 1.29 is 22.7 Å². The van der Waals surface area contributed by atoms with Crippen LogP contribution in [-0.2, 0) is 27.6 Å². The second kappa shape index (κ2) is 7.08. The molecule has 0 unspecified atom stereocenters. The quantitative estimate of drug-likeness (QED) is 0.809. The van der Waals surface area contributed by atoms with Crippen molar-refractivity contribution >= 4 is 15.7 Å². The molecule has 1 saturated heterocycles. The molecule has 1 atom stereocenters. The number of ether oxygens (including phenoxy) is 2. The van der Waals surface area contributed by atoms with Crippen LogP contribution >= 0.6 is 0 Å². The lowest BCUT2D eigenvalue weighted by Crippen LogP contribution is -2.50. The van der Waals surface area contributed by atoms with Crippen LogP contribution in [-0.4, -0.2) is 63.6 Å². The Hall–Kier alpha value is -1.80. The van der Waals surface area contributed by atoms with Crippen LogP contribution in [0.3, 0.4) is 0 Å². The van der Waals surface area contributed by atoms with Gasteiger partial charge in [-0.25, -0.2) is 8.42 Å². The summed E-state index contributed by atoms with van der Waals surface area (Å²) in [6, 6.07) is 3.96. The first-order chi connectivity index (χ1) is 12.2. The molecule has 0 spiro atoms. The fourth-order valence-electron chi connectivity index (χ4n) is 3.76. The SMILES string of the molecule is COc1cc2c(cc1OC)CN(CC(=O)N[C@@]1(C)CCS(=O)(=O)C1)CC2. The van der Waals surface area contributed by atoms with E-state index in [9.17, 15) is 13.2 Å². The minimum absolute atomic E-state index is 0.0194. The van der Waals surface area contributed by atoms with Gasteiger partial charge in [-0.15, -0.1) is 0 Å². The molecule has 1 aromatic rings. The van der Waals surface area contributed by atoms with E-state index in [1.165, 1.54) is 5.56 Å². The lowest BCUT2D eigenvalue weighted by atomic mass is 9.98. The summed E-state index contributed by atoms with van der Waals surface area (Å²) in [5, 5.41) is 2.92. The first-order valence-electron chi connectivity index (χ1n) is 8.71. The van der Waals surface area contributed by atoms with Crippen LogP contribution < -0.4 is 14.8 Å². The third-order valence-electron chi connectivity index (χ3n) is 5.11. The predicted octanol–water partition coefficient (Wildman–Crippen LogP) is 0.755. The van der Waals surface area contributed by atoms with Crippen molar-refractivity contribution in [3.05, 3.63) is 23.3 Å². The zero-order chi connectivity index (χ0) is 18.9. The van der Waals surface area contributed by atoms with E-state index in [4.69, 9.17) is 9.47 Å². The van der Waals surface area contributed by atoms with Crippen molar-refractivity contribution in [3.63, 3.8) is 0 Å². The molecule has 144 valence electrons. The number of hydrogen-bond donors (Lipinski definition) is 1. The predicted molar refractivity (Wildman–Crippen MR) is 98.3 cm³/mol. The van der Waals surface area contributed by atoms with Crippen LogP contribution in [0.2, 0.25) is 0 Å². The van der Waals surface area contributed by atoms with Gasteiger partial charge in [-0.05, 0) is 43.0 Å². The summed E-state index contributed by atoms with van der Waals surface area (Å²) in [4.78, 5) is 14.5. The Bertz CT molecular complexity index is 808. The third kappa shape index (κ3) is 4.12. The van der Waals surface area contributed by atoms with Crippen LogP contribution in [0, 0.1) is 0 Å². The van der Waals surface area contributed by atoms with Gasteiger partial charge < -0.3 is 14.8 Å². The van der Waals surface area contributed by atoms with Gasteiger partial charge in [-0.1, -0.05) is 0 Å². The van der Waals surface area contributed by atoms with Gasteiger partial charge >= 0.3 is 0 Å². The number of methoxy groups -OCH3 is 2. The van der Waals surface area contributed by atoms with E-state index < -0.39 is 15.4 Å². The van der Waals surface area contributed by atoms with Gasteiger partial charge in [-0.3, -0.25) is 9.69 Å². The number of nitrogens with one attached hydrogen (secondary N) is 1. The number of sulfone groups is 1. The number of hydrogen-bond acceptors (Lipinski definition) is 6. The zero-order valence-corrected chi connectivity index (χ0v) is 16.3. The highest BCUT2D eigenvalue weighted by Gasteiger charge is 2.39. The Kier molecular flexibility index (Phi) is 5.16. The molecule has 0 saturated carbocycles. The average Bonchev–Trinajstić information content (AvgIpc) is 2.85. The molecule has 0 radical (unpaired) electrons. The minimum Gasteiger partial charge on any atom is -0.493 e. The van der Waals surface area contributed by atoms with Crippen LogP contribution in [0.1, 0.15) is 24.5 Å². The van der Waals surface area contributed by atoms with E-state index in [2.05, 4.69) is 10.2 Å². The smallest absolute Gasteiger partial charge is 0.234 e. The summed E-state index contributed by atoms with van der Waals surface area (Å²) in [5.41, 5.74) is 1.67. The molecule has 1 amide bonds. The van der Waals surface area contributed by atoms with Gasteiger partial charge in [0.05, 0.1) is 37.8 Å². The Labute approximate surface area is 154 Å². The largest absolute Gasteiger partial charge is 0.493 e. The number of rotatable bonds is 5.